The summed E-state index contributed by atoms with van der Waals surface area (Å²) in [6, 6.07) is 0. The first-order valence-electron chi connectivity index (χ1n) is 2.32. The number of hydrogen-bond donors (Lipinski definition) is 1. The van der Waals surface area contributed by atoms with E-state index in [4.69, 9.17) is 5.11 Å². The minimum absolute atomic E-state index is 0.139. The Balaban J connectivity index is 2.35. The van der Waals surface area contributed by atoms with Crippen molar-refractivity contribution in [3.8, 4) is 0 Å². The lowest BCUT2D eigenvalue weighted by molar-refractivity contribution is -0.136. The molecule has 0 aliphatic carbocycles. The molecule has 1 aliphatic rings. The van der Waals surface area contributed by atoms with Gasteiger partial charge in [0, 0.05) is 5.75 Å². The maximum atomic E-state index is 10.2. The first kappa shape index (κ1) is 6.29. The maximum absolute atomic E-state index is 10.2. The Labute approximate surface area is 55.4 Å². The van der Waals surface area contributed by atoms with Crippen LogP contribution in [-0.2, 0) is 4.79 Å². The van der Waals surface area contributed by atoms with E-state index in [-0.39, 0.29) is 5.25 Å². The molecule has 1 saturated heterocycles. The Morgan fingerprint density at radius 1 is 1.75 bits per heavy atom. The van der Waals surface area contributed by atoms with Crippen LogP contribution in [0, 0.1) is 0 Å². The van der Waals surface area contributed by atoms with Gasteiger partial charge in [-0.25, -0.2) is 0 Å². The zero-order valence-corrected chi connectivity index (χ0v) is 5.80. The molecule has 1 heterocycles. The van der Waals surface area contributed by atoms with E-state index in [1.807, 2.05) is 0 Å². The molecule has 0 aromatic heterocycles. The molecular formula is C4H6O2S2. The number of carbonyl (C=O) groups is 1. The van der Waals surface area contributed by atoms with Gasteiger partial charge in [-0.1, -0.05) is 21.6 Å². The second-order valence-corrected chi connectivity index (χ2v) is 4.22. The maximum Gasteiger partial charge on any atom is 0.317 e. The van der Waals surface area contributed by atoms with Gasteiger partial charge in [0.2, 0.25) is 0 Å². The van der Waals surface area contributed by atoms with Crippen LogP contribution >= 0.6 is 21.6 Å². The third kappa shape index (κ3) is 1.32. The third-order valence-electron chi connectivity index (χ3n) is 0.923. The quantitative estimate of drug-likeness (QED) is 0.570. The van der Waals surface area contributed by atoms with E-state index in [1.54, 1.807) is 10.8 Å². The van der Waals surface area contributed by atoms with Gasteiger partial charge in [-0.15, -0.1) is 0 Å². The van der Waals surface area contributed by atoms with Crippen LogP contribution < -0.4 is 0 Å². The Morgan fingerprint density at radius 2 is 2.50 bits per heavy atom. The summed E-state index contributed by atoms with van der Waals surface area (Å²) in [5, 5.41) is 8.24. The van der Waals surface area contributed by atoms with Crippen molar-refractivity contribution in [1.82, 2.24) is 0 Å². The molecule has 0 unspecified atom stereocenters. The number of hydrogen-bond acceptors (Lipinski definition) is 3. The molecular weight excluding hydrogens is 144 g/mol. The van der Waals surface area contributed by atoms with Crippen molar-refractivity contribution in [2.75, 3.05) is 5.75 Å². The lowest BCUT2D eigenvalue weighted by atomic mass is 10.3. The molecule has 0 aromatic carbocycles. The van der Waals surface area contributed by atoms with E-state index < -0.39 is 5.97 Å². The predicted octanol–water partition coefficient (Wildman–Crippen LogP) is 1.22. The molecule has 8 heavy (non-hydrogen) atoms. The van der Waals surface area contributed by atoms with Crippen LogP contribution in [0.15, 0.2) is 0 Å². The Bertz CT molecular complexity index is 98.2. The molecule has 4 heteroatoms. The van der Waals surface area contributed by atoms with E-state index in [1.165, 1.54) is 10.8 Å². The average Bonchev–Trinajstić information content (AvgIpc) is 2.12. The van der Waals surface area contributed by atoms with Crippen LogP contribution in [0.25, 0.3) is 0 Å². The van der Waals surface area contributed by atoms with Gasteiger partial charge in [0.1, 0.15) is 5.25 Å². The lowest BCUT2D eigenvalue weighted by Crippen LogP contribution is -2.11. The standard InChI is InChI=1S/C4H6O2S2/c5-4(6)3-1-2-7-8-3/h3H,1-2H2,(H,5,6)/t3-/m0/s1. The fourth-order valence-electron chi connectivity index (χ4n) is 0.498. The highest BCUT2D eigenvalue weighted by Gasteiger charge is 2.22. The summed E-state index contributed by atoms with van der Waals surface area (Å²) in [4.78, 5) is 10.2. The molecule has 2 nitrogen and oxygen atoms in total. The molecule has 0 spiro atoms. The molecule has 0 aromatic rings. The molecule has 1 N–H and O–H groups in total. The van der Waals surface area contributed by atoms with Gasteiger partial charge in [0.05, 0.1) is 0 Å². The molecule has 0 radical (unpaired) electrons. The topological polar surface area (TPSA) is 37.3 Å². The fourth-order valence-corrected chi connectivity index (χ4v) is 3.14. The Morgan fingerprint density at radius 3 is 2.75 bits per heavy atom. The van der Waals surface area contributed by atoms with Crippen LogP contribution in [0.2, 0.25) is 0 Å². The largest absolute Gasteiger partial charge is 0.480 e. The number of rotatable bonds is 1. The number of carboxylic acids is 1. The Kier molecular flexibility index (Phi) is 2.08. The van der Waals surface area contributed by atoms with Crippen LogP contribution in [0.5, 0.6) is 0 Å². The molecule has 0 saturated carbocycles. The highest BCUT2D eigenvalue weighted by Crippen LogP contribution is 2.37. The Hall–Kier alpha value is 0.170. The zero-order chi connectivity index (χ0) is 5.98. The zero-order valence-electron chi connectivity index (χ0n) is 4.16. The summed E-state index contributed by atoms with van der Waals surface area (Å²) >= 11 is 0. The minimum Gasteiger partial charge on any atom is -0.480 e. The van der Waals surface area contributed by atoms with Crippen molar-refractivity contribution in [2.45, 2.75) is 11.7 Å². The summed E-state index contributed by atoms with van der Waals surface area (Å²) in [5.41, 5.74) is 0. The van der Waals surface area contributed by atoms with Crippen LogP contribution in [0.1, 0.15) is 6.42 Å². The third-order valence-corrected chi connectivity index (χ3v) is 3.74. The summed E-state index contributed by atoms with van der Waals surface area (Å²) in [6.07, 6.45) is 0.824. The fraction of sp³-hybridized carbons (Fsp3) is 0.750. The second-order valence-electron chi connectivity index (χ2n) is 1.53. The van der Waals surface area contributed by atoms with Gasteiger partial charge in [0.15, 0.2) is 0 Å². The van der Waals surface area contributed by atoms with Crippen molar-refractivity contribution in [3.05, 3.63) is 0 Å². The molecule has 1 fully saturated rings. The van der Waals surface area contributed by atoms with Crippen molar-refractivity contribution in [1.29, 1.82) is 0 Å². The van der Waals surface area contributed by atoms with Crippen LogP contribution in [0.3, 0.4) is 0 Å². The van der Waals surface area contributed by atoms with Crippen molar-refractivity contribution < 1.29 is 9.90 Å². The minimum atomic E-state index is -0.667. The molecule has 1 atom stereocenters. The summed E-state index contributed by atoms with van der Waals surface area (Å²) in [5.74, 6) is 0.321. The van der Waals surface area contributed by atoms with Gasteiger partial charge in [0.25, 0.3) is 0 Å². The highest BCUT2D eigenvalue weighted by molar-refractivity contribution is 8.77. The average molecular weight is 150 g/mol. The molecule has 1 aliphatic heterocycles. The van der Waals surface area contributed by atoms with E-state index in [2.05, 4.69) is 0 Å². The second kappa shape index (κ2) is 2.64. The molecule has 46 valence electrons. The van der Waals surface area contributed by atoms with E-state index in [0.717, 1.165) is 12.2 Å². The molecule has 0 bridgehead atoms. The summed E-state index contributed by atoms with van der Waals surface area (Å²) in [7, 11) is 3.11. The van der Waals surface area contributed by atoms with E-state index >= 15 is 0 Å². The van der Waals surface area contributed by atoms with Gasteiger partial charge in [-0.3, -0.25) is 4.79 Å². The van der Waals surface area contributed by atoms with Crippen molar-refractivity contribution >= 4 is 27.6 Å². The first-order chi connectivity index (χ1) is 3.80. The number of carboxylic acid groups (broad SMARTS) is 1. The molecule has 1 rings (SSSR count). The monoisotopic (exact) mass is 150 g/mol. The van der Waals surface area contributed by atoms with Crippen molar-refractivity contribution in [2.24, 2.45) is 0 Å². The normalized spacial score (nSPS) is 28.2. The summed E-state index contributed by atoms with van der Waals surface area (Å²) in [6.45, 7) is 0. The SMILES string of the molecule is O=C(O)[C@@H]1CCSS1. The summed E-state index contributed by atoms with van der Waals surface area (Å²) < 4.78 is 0. The predicted molar refractivity (Wildman–Crippen MR) is 36.1 cm³/mol. The van der Waals surface area contributed by atoms with Crippen molar-refractivity contribution in [3.63, 3.8) is 0 Å². The first-order valence-corrected chi connectivity index (χ1v) is 4.70. The number of aliphatic carboxylic acids is 1. The lowest BCUT2D eigenvalue weighted by Gasteiger charge is -1.95. The van der Waals surface area contributed by atoms with Gasteiger partial charge in [-0.2, -0.15) is 0 Å². The van der Waals surface area contributed by atoms with Gasteiger partial charge in [-0.05, 0) is 6.42 Å². The van der Waals surface area contributed by atoms with Crippen LogP contribution in [-0.4, -0.2) is 22.1 Å². The smallest absolute Gasteiger partial charge is 0.317 e. The van der Waals surface area contributed by atoms with Gasteiger partial charge >= 0.3 is 5.97 Å². The van der Waals surface area contributed by atoms with E-state index in [9.17, 15) is 4.79 Å². The highest BCUT2D eigenvalue weighted by atomic mass is 33.1. The molecule has 0 amide bonds. The van der Waals surface area contributed by atoms with E-state index in [0.29, 0.717) is 0 Å². The van der Waals surface area contributed by atoms with Gasteiger partial charge < -0.3 is 5.11 Å². The van der Waals surface area contributed by atoms with Crippen LogP contribution in [0.4, 0.5) is 0 Å².